The molecule has 0 atom stereocenters. The van der Waals surface area contributed by atoms with Gasteiger partial charge in [-0.05, 0) is 36.8 Å². The van der Waals surface area contributed by atoms with Gasteiger partial charge in [-0.2, -0.15) is 4.98 Å². The van der Waals surface area contributed by atoms with E-state index in [1.54, 1.807) is 37.5 Å². The molecule has 0 aliphatic heterocycles. The number of benzene rings is 1. The average molecular weight is 440 g/mol. The number of amides is 1. The normalized spacial score (nSPS) is 10.9. The number of pyridine rings is 1. The second-order valence-electron chi connectivity index (χ2n) is 6.51. The van der Waals surface area contributed by atoms with Crippen LogP contribution in [-0.2, 0) is 17.0 Å². The molecular weight excluding hydrogens is 423 g/mol. The van der Waals surface area contributed by atoms with Gasteiger partial charge in [0.05, 0.1) is 5.75 Å². The summed E-state index contributed by atoms with van der Waals surface area (Å²) in [5.74, 6) is 0.885. The molecule has 4 rings (SSSR count). The third kappa shape index (κ3) is 5.51. The number of nitrogens with zero attached hydrogens (tertiary/aromatic N) is 5. The number of aryl methyl sites for hydroxylation is 2. The lowest BCUT2D eigenvalue weighted by atomic mass is 10.2. The molecule has 158 valence electrons. The first-order valence-electron chi connectivity index (χ1n) is 9.31. The number of aromatic nitrogens is 5. The summed E-state index contributed by atoms with van der Waals surface area (Å²) in [6.45, 7) is 1.79. The summed E-state index contributed by atoms with van der Waals surface area (Å²) >= 11 is 1.28. The number of carbonyl (C=O) groups is 1. The smallest absolute Gasteiger partial charge is 0.277 e. The van der Waals surface area contributed by atoms with E-state index in [2.05, 4.69) is 30.6 Å². The zero-order valence-corrected chi connectivity index (χ0v) is 17.2. The van der Waals surface area contributed by atoms with Gasteiger partial charge < -0.3 is 14.3 Å². The van der Waals surface area contributed by atoms with Crippen molar-refractivity contribution in [2.75, 3.05) is 5.32 Å². The Labute approximate surface area is 180 Å². The van der Waals surface area contributed by atoms with Gasteiger partial charge in [0.15, 0.2) is 5.82 Å². The number of thioether (sulfide) groups is 1. The molecular formula is C20H17FN6O3S. The Hall–Kier alpha value is -3.60. The molecule has 0 aliphatic rings. The van der Waals surface area contributed by atoms with Crippen LogP contribution in [0.4, 0.5) is 10.1 Å². The maximum atomic E-state index is 13.3. The Bertz CT molecular complexity index is 1180. The average Bonchev–Trinajstić information content (AvgIpc) is 3.43. The van der Waals surface area contributed by atoms with Gasteiger partial charge in [0.2, 0.25) is 17.7 Å². The predicted molar refractivity (Wildman–Crippen MR) is 109 cm³/mol. The molecule has 0 bridgehead atoms. The molecule has 3 heterocycles. The van der Waals surface area contributed by atoms with Gasteiger partial charge in [-0.3, -0.25) is 9.78 Å². The topological polar surface area (TPSA) is 120 Å². The molecule has 3 aromatic heterocycles. The Kier molecular flexibility index (Phi) is 6.32. The molecule has 0 spiro atoms. The highest BCUT2D eigenvalue weighted by Crippen LogP contribution is 2.24. The molecule has 4 aromatic rings. The van der Waals surface area contributed by atoms with Crippen LogP contribution in [0.25, 0.3) is 11.5 Å². The Morgan fingerprint density at radius 1 is 1.19 bits per heavy atom. The van der Waals surface area contributed by atoms with Crippen molar-refractivity contribution < 1.29 is 18.1 Å². The quantitative estimate of drug-likeness (QED) is 0.408. The van der Waals surface area contributed by atoms with E-state index < -0.39 is 5.82 Å². The molecule has 1 amide bonds. The molecule has 1 aromatic carbocycles. The zero-order chi connectivity index (χ0) is 21.6. The highest BCUT2D eigenvalue weighted by Gasteiger charge is 2.13. The molecule has 0 radical (unpaired) electrons. The second-order valence-corrected chi connectivity index (χ2v) is 7.44. The largest absolute Gasteiger partial charge is 0.411 e. The first-order valence-corrected chi connectivity index (χ1v) is 10.3. The van der Waals surface area contributed by atoms with E-state index in [1.165, 1.54) is 23.9 Å². The number of rotatable bonds is 8. The minimum atomic E-state index is -0.408. The number of halogens is 1. The monoisotopic (exact) mass is 440 g/mol. The van der Waals surface area contributed by atoms with Crippen LogP contribution in [0.15, 0.2) is 56.9 Å². The summed E-state index contributed by atoms with van der Waals surface area (Å²) in [6.07, 6.45) is 3.69. The first kappa shape index (κ1) is 20.7. The van der Waals surface area contributed by atoms with Crippen LogP contribution < -0.4 is 5.32 Å². The lowest BCUT2D eigenvalue weighted by Crippen LogP contribution is -2.13. The molecule has 0 aliphatic carbocycles. The van der Waals surface area contributed by atoms with Gasteiger partial charge >= 0.3 is 0 Å². The van der Waals surface area contributed by atoms with E-state index in [4.69, 9.17) is 8.94 Å². The highest BCUT2D eigenvalue weighted by molar-refractivity contribution is 7.98. The Morgan fingerprint density at radius 2 is 2.03 bits per heavy atom. The van der Waals surface area contributed by atoms with Crippen LogP contribution in [0, 0.1) is 12.7 Å². The van der Waals surface area contributed by atoms with E-state index in [0.717, 1.165) is 11.1 Å². The molecule has 31 heavy (non-hydrogen) atoms. The first-order chi connectivity index (χ1) is 15.1. The van der Waals surface area contributed by atoms with Gasteiger partial charge in [0, 0.05) is 36.5 Å². The fraction of sp³-hybridized carbons (Fsp3) is 0.200. The van der Waals surface area contributed by atoms with Gasteiger partial charge in [-0.25, -0.2) is 4.39 Å². The molecule has 9 nitrogen and oxygen atoms in total. The summed E-state index contributed by atoms with van der Waals surface area (Å²) in [7, 11) is 0. The van der Waals surface area contributed by atoms with E-state index in [9.17, 15) is 9.18 Å². The van der Waals surface area contributed by atoms with Gasteiger partial charge in [-0.15, -0.1) is 10.2 Å². The van der Waals surface area contributed by atoms with Crippen LogP contribution in [0.1, 0.15) is 23.7 Å². The number of carbonyl (C=O) groups excluding carboxylic acids is 1. The third-order valence-electron chi connectivity index (χ3n) is 4.21. The van der Waals surface area contributed by atoms with Crippen molar-refractivity contribution in [1.82, 2.24) is 25.3 Å². The third-order valence-corrected chi connectivity index (χ3v) is 5.02. The van der Waals surface area contributed by atoms with Crippen LogP contribution >= 0.6 is 11.8 Å². The van der Waals surface area contributed by atoms with Crippen molar-refractivity contribution in [1.29, 1.82) is 0 Å². The van der Waals surface area contributed by atoms with Crippen LogP contribution in [-0.4, -0.2) is 31.2 Å². The summed E-state index contributed by atoms with van der Waals surface area (Å²) in [5, 5.41) is 14.9. The minimum absolute atomic E-state index is 0.129. The van der Waals surface area contributed by atoms with E-state index in [1.807, 2.05) is 0 Å². The van der Waals surface area contributed by atoms with E-state index >= 15 is 0 Å². The van der Waals surface area contributed by atoms with Gasteiger partial charge in [0.1, 0.15) is 5.82 Å². The fourth-order valence-corrected chi connectivity index (χ4v) is 3.22. The summed E-state index contributed by atoms with van der Waals surface area (Å²) in [4.78, 5) is 20.3. The minimum Gasteiger partial charge on any atom is -0.411 e. The van der Waals surface area contributed by atoms with Crippen LogP contribution in [0.2, 0.25) is 0 Å². The lowest BCUT2D eigenvalue weighted by molar-refractivity contribution is -0.116. The van der Waals surface area contributed by atoms with Crippen molar-refractivity contribution in [2.45, 2.75) is 30.7 Å². The maximum absolute atomic E-state index is 13.3. The van der Waals surface area contributed by atoms with Crippen molar-refractivity contribution in [3.05, 3.63) is 65.8 Å². The molecule has 0 fully saturated rings. The van der Waals surface area contributed by atoms with E-state index in [-0.39, 0.29) is 18.7 Å². The lowest BCUT2D eigenvalue weighted by Gasteiger charge is -2.07. The molecule has 11 heteroatoms. The fourth-order valence-electron chi connectivity index (χ4n) is 2.62. The zero-order valence-electron chi connectivity index (χ0n) is 16.4. The highest BCUT2D eigenvalue weighted by atomic mass is 32.2. The number of hydrogen-bond donors (Lipinski definition) is 1. The molecule has 1 N–H and O–H groups in total. The number of nitrogens with one attached hydrogen (secondary N) is 1. The Morgan fingerprint density at radius 3 is 2.87 bits per heavy atom. The number of hydrogen-bond acceptors (Lipinski definition) is 9. The van der Waals surface area contributed by atoms with Crippen LogP contribution in [0.3, 0.4) is 0 Å². The molecule has 0 saturated carbocycles. The summed E-state index contributed by atoms with van der Waals surface area (Å²) in [6, 6.07) is 7.79. The second kappa shape index (κ2) is 9.47. The molecule has 0 saturated heterocycles. The van der Waals surface area contributed by atoms with Crippen molar-refractivity contribution in [2.24, 2.45) is 0 Å². The van der Waals surface area contributed by atoms with Crippen molar-refractivity contribution in [3.63, 3.8) is 0 Å². The predicted octanol–water partition coefficient (Wildman–Crippen LogP) is 3.83. The standard InChI is InChI=1S/C20H17FN6O3S/c1-12-2-3-14(21)10-15(12)23-17(28)4-5-18-24-16(27-30-18)11-31-20-26-25-19(29-20)13-6-8-22-9-7-13/h2-3,6-10H,4-5,11H2,1H3,(H,23,28). The molecule has 0 unspecified atom stereocenters. The number of anilines is 1. The summed E-state index contributed by atoms with van der Waals surface area (Å²) in [5.41, 5.74) is 2.00. The van der Waals surface area contributed by atoms with Gasteiger partial charge in [-0.1, -0.05) is 23.0 Å². The maximum Gasteiger partial charge on any atom is 0.277 e. The summed E-state index contributed by atoms with van der Waals surface area (Å²) < 4.78 is 24.1. The Balaban J connectivity index is 1.26. The van der Waals surface area contributed by atoms with Gasteiger partial charge in [0.25, 0.3) is 5.22 Å². The van der Waals surface area contributed by atoms with E-state index in [0.29, 0.717) is 34.3 Å². The van der Waals surface area contributed by atoms with Crippen molar-refractivity contribution in [3.8, 4) is 11.5 Å². The van der Waals surface area contributed by atoms with Crippen molar-refractivity contribution >= 4 is 23.4 Å². The SMILES string of the molecule is Cc1ccc(F)cc1NC(=O)CCc1nc(CSc2nnc(-c3ccncc3)o2)no1. The van der Waals surface area contributed by atoms with Crippen LogP contribution in [0.5, 0.6) is 0 Å².